The number of nitrogens with two attached hydrogens (primary N) is 1. The van der Waals surface area contributed by atoms with Crippen LogP contribution in [0.25, 0.3) is 0 Å². The highest BCUT2D eigenvalue weighted by Crippen LogP contribution is 2.38. The van der Waals surface area contributed by atoms with E-state index in [2.05, 4.69) is 10.6 Å². The lowest BCUT2D eigenvalue weighted by Crippen LogP contribution is -2.48. The maximum absolute atomic E-state index is 13.3. The summed E-state index contributed by atoms with van der Waals surface area (Å²) >= 11 is 0. The maximum atomic E-state index is 13.3. The molecular formula is C29H38N3O10P. The molecule has 13 nitrogen and oxygen atoms in total. The van der Waals surface area contributed by atoms with Crippen LogP contribution in [0.1, 0.15) is 73.5 Å². The van der Waals surface area contributed by atoms with Crippen molar-refractivity contribution in [1.29, 1.82) is 0 Å². The molecule has 14 heteroatoms. The monoisotopic (exact) mass is 619 g/mol. The fraction of sp³-hybridized carbons (Fsp3) is 0.448. The van der Waals surface area contributed by atoms with Crippen LogP contribution in [0.3, 0.4) is 0 Å². The van der Waals surface area contributed by atoms with E-state index in [1.165, 1.54) is 25.5 Å². The minimum Gasteiger partial charge on any atom is -0.492 e. The molecule has 7 N–H and O–H groups in total. The fourth-order valence-electron chi connectivity index (χ4n) is 4.96. The molecule has 0 bridgehead atoms. The van der Waals surface area contributed by atoms with Gasteiger partial charge in [-0.3, -0.25) is 18.9 Å². The van der Waals surface area contributed by atoms with Gasteiger partial charge in [0.15, 0.2) is 6.61 Å². The number of primary amides is 1. The van der Waals surface area contributed by atoms with E-state index in [0.717, 1.165) is 31.7 Å². The van der Waals surface area contributed by atoms with Crippen LogP contribution in [-0.2, 0) is 25.4 Å². The van der Waals surface area contributed by atoms with Gasteiger partial charge in [-0.1, -0.05) is 31.4 Å². The Bertz CT molecular complexity index is 1390. The molecule has 234 valence electrons. The minimum atomic E-state index is -4.88. The topological polar surface area (TPSA) is 215 Å². The van der Waals surface area contributed by atoms with Crippen LogP contribution in [0.2, 0.25) is 0 Å². The third kappa shape index (κ3) is 10.1. The highest BCUT2D eigenvalue weighted by Gasteiger charge is 2.27. The Labute approximate surface area is 249 Å². The van der Waals surface area contributed by atoms with Gasteiger partial charge < -0.3 is 40.7 Å². The summed E-state index contributed by atoms with van der Waals surface area (Å²) in [4.78, 5) is 67.8. The Morgan fingerprint density at radius 1 is 1.00 bits per heavy atom. The number of amides is 3. The Kier molecular flexibility index (Phi) is 11.7. The molecule has 1 aliphatic rings. The maximum Gasteiger partial charge on any atom is 0.359 e. The lowest BCUT2D eigenvalue weighted by atomic mass is 9.90. The van der Waals surface area contributed by atoms with E-state index in [4.69, 9.17) is 20.3 Å². The molecule has 2 aromatic carbocycles. The largest absolute Gasteiger partial charge is 0.492 e. The summed E-state index contributed by atoms with van der Waals surface area (Å²) in [5.41, 5.74) is 6.65. The zero-order chi connectivity index (χ0) is 31.7. The number of rotatable bonds is 14. The molecule has 3 amide bonds. The Morgan fingerprint density at radius 3 is 2.28 bits per heavy atom. The molecule has 1 aliphatic carbocycles. The molecule has 43 heavy (non-hydrogen) atoms. The lowest BCUT2D eigenvalue weighted by molar-refractivity contribution is -0.139. The summed E-state index contributed by atoms with van der Waals surface area (Å²) in [5.74, 6) is -2.64. The average molecular weight is 620 g/mol. The van der Waals surface area contributed by atoms with E-state index in [9.17, 15) is 33.5 Å². The van der Waals surface area contributed by atoms with Crippen molar-refractivity contribution >= 4 is 36.6 Å². The minimum absolute atomic E-state index is 0.148. The van der Waals surface area contributed by atoms with E-state index in [1.807, 2.05) is 0 Å². The van der Waals surface area contributed by atoms with Crippen LogP contribution in [0.4, 0.5) is 0 Å². The van der Waals surface area contributed by atoms with Crippen molar-refractivity contribution in [2.75, 3.05) is 13.2 Å². The molecule has 1 saturated carbocycles. The van der Waals surface area contributed by atoms with Crippen LogP contribution in [-0.4, -0.2) is 57.8 Å². The predicted octanol–water partition coefficient (Wildman–Crippen LogP) is 1.94. The number of carboxylic acids is 1. The Morgan fingerprint density at radius 2 is 1.67 bits per heavy atom. The number of benzene rings is 2. The third-order valence-corrected chi connectivity index (χ3v) is 8.13. The van der Waals surface area contributed by atoms with Gasteiger partial charge in [-0.25, -0.2) is 4.79 Å². The van der Waals surface area contributed by atoms with E-state index in [-0.39, 0.29) is 23.3 Å². The first kappa shape index (κ1) is 33.6. The second kappa shape index (κ2) is 15.0. The molecule has 0 radical (unpaired) electrons. The van der Waals surface area contributed by atoms with E-state index >= 15 is 0 Å². The van der Waals surface area contributed by atoms with Crippen LogP contribution in [0.15, 0.2) is 36.4 Å². The third-order valence-electron chi connectivity index (χ3n) is 7.15. The fourth-order valence-corrected chi connectivity index (χ4v) is 5.72. The van der Waals surface area contributed by atoms with Crippen molar-refractivity contribution in [3.8, 4) is 11.5 Å². The number of hydrogen-bond donors (Lipinski definition) is 6. The number of hydrogen-bond acceptors (Lipinski definition) is 7. The van der Waals surface area contributed by atoms with Gasteiger partial charge >= 0.3 is 13.6 Å². The number of ether oxygens (including phenoxy) is 2. The van der Waals surface area contributed by atoms with Crippen molar-refractivity contribution in [1.82, 2.24) is 10.6 Å². The van der Waals surface area contributed by atoms with Gasteiger partial charge in [0.25, 0.3) is 5.91 Å². The summed E-state index contributed by atoms with van der Waals surface area (Å²) in [6.07, 6.45) is 5.53. The Hall–Kier alpha value is -3.93. The summed E-state index contributed by atoms with van der Waals surface area (Å²) in [6, 6.07) is 6.87. The first-order valence-corrected chi connectivity index (χ1v) is 15.5. The molecular weight excluding hydrogens is 581 g/mol. The van der Waals surface area contributed by atoms with Crippen LogP contribution in [0.5, 0.6) is 11.5 Å². The quantitative estimate of drug-likeness (QED) is 0.169. The van der Waals surface area contributed by atoms with Crippen molar-refractivity contribution in [2.45, 2.75) is 64.5 Å². The number of carboxylic acid groups (broad SMARTS) is 1. The number of nitrogens with one attached hydrogen (secondary N) is 2. The molecule has 0 spiro atoms. The molecule has 2 aromatic rings. The van der Waals surface area contributed by atoms with Crippen molar-refractivity contribution in [3.63, 3.8) is 0 Å². The summed E-state index contributed by atoms with van der Waals surface area (Å²) < 4.78 is 23.0. The number of carbonyl (C=O) groups excluding carboxylic acids is 3. The standard InChI is InChI=1S/C29H38N3O10P/c1-17(21-9-11-24(22(14-21)28(30)36)41-15-19-6-4-3-5-7-19)31-29(37)23(32-18(2)33)12-20-8-10-25(42-16-27(34)35)26(13-20)43(38,39)40/h8-11,13-14,17,19,23H,3-7,12,15-16H2,1-2H3,(H2,30,36)(H,31,37)(H,32,33)(H,34,35)(H2,38,39,40)/t17-,23-/m0/s1. The first-order valence-electron chi connectivity index (χ1n) is 13.9. The van der Waals surface area contributed by atoms with Gasteiger partial charge in [0.1, 0.15) is 22.8 Å². The van der Waals surface area contributed by atoms with Gasteiger partial charge in [0.05, 0.1) is 18.2 Å². The van der Waals surface area contributed by atoms with Gasteiger partial charge in [-0.05, 0) is 61.1 Å². The Balaban J connectivity index is 1.76. The van der Waals surface area contributed by atoms with Crippen LogP contribution >= 0.6 is 7.60 Å². The summed E-state index contributed by atoms with van der Waals surface area (Å²) in [7, 11) is -4.88. The lowest BCUT2D eigenvalue weighted by Gasteiger charge is -2.23. The number of carbonyl (C=O) groups is 4. The molecule has 0 heterocycles. The molecule has 1 fully saturated rings. The zero-order valence-corrected chi connectivity index (χ0v) is 25.0. The predicted molar refractivity (Wildman–Crippen MR) is 156 cm³/mol. The zero-order valence-electron chi connectivity index (χ0n) is 24.1. The van der Waals surface area contributed by atoms with Gasteiger partial charge in [0.2, 0.25) is 11.8 Å². The van der Waals surface area contributed by atoms with Gasteiger partial charge in [0, 0.05) is 13.3 Å². The van der Waals surface area contributed by atoms with Crippen molar-refractivity contribution in [3.05, 3.63) is 53.1 Å². The molecule has 3 rings (SSSR count). The SMILES string of the molecule is CC(=O)N[C@@H](Cc1ccc(OCC(=O)O)c(P(=O)(O)O)c1)C(=O)N[C@@H](C)c1ccc(OCC2CCCCC2)c(C(N)=O)c1. The van der Waals surface area contributed by atoms with Crippen molar-refractivity contribution in [2.24, 2.45) is 11.7 Å². The smallest absolute Gasteiger partial charge is 0.359 e. The van der Waals surface area contributed by atoms with Gasteiger partial charge in [-0.15, -0.1) is 0 Å². The van der Waals surface area contributed by atoms with Crippen LogP contribution in [0, 0.1) is 5.92 Å². The van der Waals surface area contributed by atoms with E-state index in [1.54, 1.807) is 25.1 Å². The molecule has 0 unspecified atom stereocenters. The van der Waals surface area contributed by atoms with Gasteiger partial charge in [-0.2, -0.15) is 0 Å². The molecule has 0 saturated heterocycles. The summed E-state index contributed by atoms with van der Waals surface area (Å²) in [5, 5.41) is 13.6. The van der Waals surface area contributed by atoms with Crippen molar-refractivity contribution < 1.29 is 48.1 Å². The average Bonchev–Trinajstić information content (AvgIpc) is 2.94. The summed E-state index contributed by atoms with van der Waals surface area (Å²) in [6.45, 7) is 2.58. The highest BCUT2D eigenvalue weighted by molar-refractivity contribution is 7.60. The molecule has 0 aromatic heterocycles. The molecule has 2 atom stereocenters. The van der Waals surface area contributed by atoms with E-state index in [0.29, 0.717) is 23.8 Å². The van der Waals surface area contributed by atoms with E-state index < -0.39 is 55.3 Å². The normalized spacial score (nSPS) is 15.2. The number of aliphatic carboxylic acids is 1. The van der Waals surface area contributed by atoms with Crippen LogP contribution < -0.4 is 31.1 Å². The highest BCUT2D eigenvalue weighted by atomic mass is 31.2. The molecule has 0 aliphatic heterocycles. The first-order chi connectivity index (χ1) is 20.2. The second-order valence-corrected chi connectivity index (χ2v) is 12.2. The second-order valence-electron chi connectivity index (χ2n) is 10.7.